The molecule has 1 aromatic heterocycles. The first-order valence-electron chi connectivity index (χ1n) is 7.88. The second kappa shape index (κ2) is 7.21. The Morgan fingerprint density at radius 3 is 2.79 bits per heavy atom. The maximum absolute atomic E-state index is 11.5. The zero-order chi connectivity index (χ0) is 17.2. The molecule has 1 unspecified atom stereocenters. The van der Waals surface area contributed by atoms with Gasteiger partial charge in [-0.2, -0.15) is 4.98 Å². The van der Waals surface area contributed by atoms with E-state index in [-0.39, 0.29) is 11.7 Å². The number of aromatic nitrogens is 2. The molecule has 0 saturated carbocycles. The Labute approximate surface area is 146 Å². The second-order valence-electron chi connectivity index (χ2n) is 6.35. The van der Waals surface area contributed by atoms with Gasteiger partial charge in [-0.25, -0.2) is 8.42 Å². The van der Waals surface area contributed by atoms with Crippen molar-refractivity contribution < 1.29 is 12.9 Å². The van der Waals surface area contributed by atoms with Crippen LogP contribution in [0.2, 0.25) is 5.02 Å². The summed E-state index contributed by atoms with van der Waals surface area (Å²) in [5, 5.41) is 4.67. The fourth-order valence-corrected chi connectivity index (χ4v) is 4.34. The summed E-state index contributed by atoms with van der Waals surface area (Å²) in [6.45, 7) is 2.20. The van der Waals surface area contributed by atoms with Crippen LogP contribution in [0.15, 0.2) is 28.8 Å². The molecule has 1 fully saturated rings. The summed E-state index contributed by atoms with van der Waals surface area (Å²) < 4.78 is 28.3. The number of likely N-dealkylation sites (tertiary alicyclic amines) is 1. The standard InChI is InChI=1S/C16H20ClN3O3S/c1-24(21,22)11-12-3-2-8-20(9-12)10-15-18-16(19-23-15)13-4-6-14(17)7-5-13/h4-7,12H,2-3,8-11H2,1H3. The summed E-state index contributed by atoms with van der Waals surface area (Å²) in [6, 6.07) is 7.26. The van der Waals surface area contributed by atoms with E-state index in [2.05, 4.69) is 15.0 Å². The van der Waals surface area contributed by atoms with Crippen molar-refractivity contribution >= 4 is 21.4 Å². The van der Waals surface area contributed by atoms with Crippen LogP contribution in [-0.2, 0) is 16.4 Å². The maximum atomic E-state index is 11.5. The third kappa shape index (κ3) is 4.78. The predicted octanol–water partition coefficient (Wildman–Crippen LogP) is 2.65. The van der Waals surface area contributed by atoms with E-state index in [9.17, 15) is 8.42 Å². The van der Waals surface area contributed by atoms with Crippen molar-refractivity contribution in [3.8, 4) is 11.4 Å². The Bertz CT molecular complexity index is 789. The number of sulfone groups is 1. The minimum Gasteiger partial charge on any atom is -0.338 e. The van der Waals surface area contributed by atoms with Crippen molar-refractivity contribution in [3.63, 3.8) is 0 Å². The molecule has 1 aliphatic rings. The van der Waals surface area contributed by atoms with Gasteiger partial charge in [0.2, 0.25) is 11.7 Å². The molecule has 1 saturated heterocycles. The molecule has 1 atom stereocenters. The minimum absolute atomic E-state index is 0.174. The van der Waals surface area contributed by atoms with E-state index < -0.39 is 9.84 Å². The molecule has 0 radical (unpaired) electrons. The summed E-state index contributed by atoms with van der Waals surface area (Å²) in [7, 11) is -2.94. The predicted molar refractivity (Wildman–Crippen MR) is 92.5 cm³/mol. The molecule has 2 heterocycles. The van der Waals surface area contributed by atoms with E-state index in [4.69, 9.17) is 16.1 Å². The van der Waals surface area contributed by atoms with Crippen LogP contribution in [0.25, 0.3) is 11.4 Å². The first-order valence-corrected chi connectivity index (χ1v) is 10.3. The number of piperidine rings is 1. The van der Waals surface area contributed by atoms with Crippen LogP contribution in [0, 0.1) is 5.92 Å². The topological polar surface area (TPSA) is 76.3 Å². The van der Waals surface area contributed by atoms with Crippen molar-refractivity contribution in [2.75, 3.05) is 25.1 Å². The lowest BCUT2D eigenvalue weighted by molar-refractivity contribution is 0.158. The van der Waals surface area contributed by atoms with E-state index in [1.807, 2.05) is 12.1 Å². The largest absolute Gasteiger partial charge is 0.338 e. The zero-order valence-corrected chi connectivity index (χ0v) is 15.1. The van der Waals surface area contributed by atoms with Crippen molar-refractivity contribution in [1.29, 1.82) is 0 Å². The Kier molecular flexibility index (Phi) is 5.22. The molecule has 0 bridgehead atoms. The number of benzene rings is 1. The first-order chi connectivity index (χ1) is 11.4. The molecule has 2 aromatic rings. The van der Waals surface area contributed by atoms with Gasteiger partial charge in [-0.3, -0.25) is 4.90 Å². The van der Waals surface area contributed by atoms with E-state index in [0.717, 1.165) is 31.5 Å². The number of halogens is 1. The first kappa shape index (κ1) is 17.4. The monoisotopic (exact) mass is 369 g/mol. The molecule has 24 heavy (non-hydrogen) atoms. The molecule has 8 heteroatoms. The molecule has 3 rings (SSSR count). The molecule has 1 aromatic carbocycles. The normalized spacial score (nSPS) is 19.5. The summed E-state index contributed by atoms with van der Waals surface area (Å²) in [5.41, 5.74) is 0.850. The van der Waals surface area contributed by atoms with Crippen LogP contribution >= 0.6 is 11.6 Å². The fraction of sp³-hybridized carbons (Fsp3) is 0.500. The smallest absolute Gasteiger partial charge is 0.241 e. The van der Waals surface area contributed by atoms with Crippen LogP contribution in [0.1, 0.15) is 18.7 Å². The van der Waals surface area contributed by atoms with Gasteiger partial charge in [-0.15, -0.1) is 0 Å². The number of rotatable bonds is 5. The highest BCUT2D eigenvalue weighted by molar-refractivity contribution is 7.90. The molecule has 0 aliphatic carbocycles. The zero-order valence-electron chi connectivity index (χ0n) is 13.5. The highest BCUT2D eigenvalue weighted by Crippen LogP contribution is 2.22. The number of nitrogens with zero attached hydrogens (tertiary/aromatic N) is 3. The van der Waals surface area contributed by atoms with Gasteiger partial charge in [-0.05, 0) is 49.6 Å². The molecule has 6 nitrogen and oxygen atoms in total. The molecule has 1 aliphatic heterocycles. The average molecular weight is 370 g/mol. The van der Waals surface area contributed by atoms with Crippen LogP contribution in [0.4, 0.5) is 0 Å². The van der Waals surface area contributed by atoms with Gasteiger partial charge in [0.05, 0.1) is 12.3 Å². The Morgan fingerprint density at radius 1 is 1.33 bits per heavy atom. The van der Waals surface area contributed by atoms with Gasteiger partial charge in [0, 0.05) is 23.4 Å². The third-order valence-electron chi connectivity index (χ3n) is 4.07. The SMILES string of the molecule is CS(=O)(=O)CC1CCCN(Cc2nc(-c3ccc(Cl)cc3)no2)C1. The molecular formula is C16H20ClN3O3S. The average Bonchev–Trinajstić information content (AvgIpc) is 2.95. The highest BCUT2D eigenvalue weighted by Gasteiger charge is 2.24. The summed E-state index contributed by atoms with van der Waals surface area (Å²) >= 11 is 5.88. The molecule has 0 spiro atoms. The number of hydrogen-bond donors (Lipinski definition) is 0. The molecule has 130 valence electrons. The van der Waals surface area contributed by atoms with Crippen LogP contribution < -0.4 is 0 Å². The summed E-state index contributed by atoms with van der Waals surface area (Å²) in [4.78, 5) is 6.60. The van der Waals surface area contributed by atoms with Crippen molar-refractivity contribution in [1.82, 2.24) is 15.0 Å². The second-order valence-corrected chi connectivity index (χ2v) is 8.98. The lowest BCUT2D eigenvalue weighted by atomic mass is 10.0. The molecule has 0 N–H and O–H groups in total. The van der Waals surface area contributed by atoms with Crippen molar-refractivity contribution in [3.05, 3.63) is 35.2 Å². The van der Waals surface area contributed by atoms with E-state index >= 15 is 0 Å². The fourth-order valence-electron chi connectivity index (χ4n) is 3.09. The number of hydrogen-bond acceptors (Lipinski definition) is 6. The quantitative estimate of drug-likeness (QED) is 0.806. The van der Waals surface area contributed by atoms with E-state index in [1.54, 1.807) is 12.1 Å². The summed E-state index contributed by atoms with van der Waals surface area (Å²) in [5.74, 6) is 1.49. The lowest BCUT2D eigenvalue weighted by Crippen LogP contribution is -2.37. The van der Waals surface area contributed by atoms with Gasteiger partial charge >= 0.3 is 0 Å². The van der Waals surface area contributed by atoms with Crippen molar-refractivity contribution in [2.24, 2.45) is 5.92 Å². The van der Waals surface area contributed by atoms with Crippen molar-refractivity contribution in [2.45, 2.75) is 19.4 Å². The van der Waals surface area contributed by atoms with Gasteiger partial charge in [0.15, 0.2) is 0 Å². The van der Waals surface area contributed by atoms with Crippen LogP contribution in [0.3, 0.4) is 0 Å². The van der Waals surface area contributed by atoms with Gasteiger partial charge in [0.1, 0.15) is 9.84 Å². The minimum atomic E-state index is -2.94. The molecular weight excluding hydrogens is 350 g/mol. The van der Waals surface area contributed by atoms with Gasteiger partial charge < -0.3 is 4.52 Å². The Morgan fingerprint density at radius 2 is 2.08 bits per heavy atom. The van der Waals surface area contributed by atoms with Crippen LogP contribution in [-0.4, -0.2) is 48.6 Å². The lowest BCUT2D eigenvalue weighted by Gasteiger charge is -2.31. The highest BCUT2D eigenvalue weighted by atomic mass is 35.5. The van der Waals surface area contributed by atoms with Gasteiger partial charge in [0.25, 0.3) is 0 Å². The third-order valence-corrected chi connectivity index (χ3v) is 5.40. The molecule has 0 amide bonds. The van der Waals surface area contributed by atoms with E-state index in [0.29, 0.717) is 23.3 Å². The van der Waals surface area contributed by atoms with E-state index in [1.165, 1.54) is 6.26 Å². The summed E-state index contributed by atoms with van der Waals surface area (Å²) in [6.07, 6.45) is 3.23. The maximum Gasteiger partial charge on any atom is 0.241 e. The Hall–Kier alpha value is -1.44. The Balaban J connectivity index is 1.63. The van der Waals surface area contributed by atoms with Gasteiger partial charge in [-0.1, -0.05) is 16.8 Å². The van der Waals surface area contributed by atoms with Crippen LogP contribution in [0.5, 0.6) is 0 Å².